The minimum absolute atomic E-state index is 0.0997. The summed E-state index contributed by atoms with van der Waals surface area (Å²) >= 11 is 0. The molecule has 3 aromatic heterocycles. The zero-order chi connectivity index (χ0) is 20.5. The van der Waals surface area contributed by atoms with Crippen LogP contribution < -0.4 is 5.56 Å². The maximum absolute atomic E-state index is 13.9. The van der Waals surface area contributed by atoms with Gasteiger partial charge in [0.2, 0.25) is 11.7 Å². The van der Waals surface area contributed by atoms with E-state index in [0.29, 0.717) is 35.8 Å². The first-order valence-corrected chi connectivity index (χ1v) is 9.06. The Bertz CT molecular complexity index is 1230. The Morgan fingerprint density at radius 1 is 1.24 bits per heavy atom. The van der Waals surface area contributed by atoms with E-state index in [0.717, 1.165) is 0 Å². The van der Waals surface area contributed by atoms with Crippen molar-refractivity contribution >= 4 is 16.6 Å². The molecule has 0 aliphatic carbocycles. The van der Waals surface area contributed by atoms with Crippen molar-refractivity contribution in [3.8, 4) is 11.5 Å². The molecule has 10 heteroatoms. The lowest BCUT2D eigenvalue weighted by atomic mass is 10.2. The van der Waals surface area contributed by atoms with Gasteiger partial charge in [-0.2, -0.15) is 4.98 Å². The van der Waals surface area contributed by atoms with Crippen LogP contribution in [-0.4, -0.2) is 51.5 Å². The molecule has 0 radical (unpaired) electrons. The van der Waals surface area contributed by atoms with Crippen LogP contribution in [0.4, 0.5) is 4.39 Å². The second kappa shape index (κ2) is 7.72. The van der Waals surface area contributed by atoms with Gasteiger partial charge in [-0.15, -0.1) is 0 Å². The van der Waals surface area contributed by atoms with E-state index >= 15 is 0 Å². The third-order valence-electron chi connectivity index (χ3n) is 4.71. The van der Waals surface area contributed by atoms with Crippen molar-refractivity contribution in [1.29, 1.82) is 0 Å². The second-order valence-electron chi connectivity index (χ2n) is 6.71. The highest BCUT2D eigenvalue weighted by Gasteiger charge is 2.22. The molecule has 0 aliphatic heterocycles. The number of benzene rings is 1. The summed E-state index contributed by atoms with van der Waals surface area (Å²) in [6.45, 7) is 2.88. The van der Waals surface area contributed by atoms with Crippen LogP contribution in [0.5, 0.6) is 0 Å². The number of hydrogen-bond donors (Lipinski definition) is 0. The second-order valence-corrected chi connectivity index (χ2v) is 6.71. The van der Waals surface area contributed by atoms with Crippen molar-refractivity contribution in [3.05, 3.63) is 46.6 Å². The Hall–Kier alpha value is -3.11. The Morgan fingerprint density at radius 2 is 2.07 bits per heavy atom. The van der Waals surface area contributed by atoms with Crippen molar-refractivity contribution in [2.45, 2.75) is 19.4 Å². The lowest BCUT2D eigenvalue weighted by Gasteiger charge is -2.12. The first kappa shape index (κ1) is 19.2. The number of ether oxygens (including phenoxy) is 2. The van der Waals surface area contributed by atoms with Crippen molar-refractivity contribution in [2.24, 2.45) is 0 Å². The van der Waals surface area contributed by atoms with Crippen LogP contribution in [0.2, 0.25) is 0 Å². The first-order valence-electron chi connectivity index (χ1n) is 9.06. The Balaban J connectivity index is 1.94. The third-order valence-corrected chi connectivity index (χ3v) is 4.71. The van der Waals surface area contributed by atoms with Gasteiger partial charge in [-0.25, -0.2) is 9.37 Å². The first-order chi connectivity index (χ1) is 14.0. The topological polar surface area (TPSA) is 96.7 Å². The molecule has 0 aliphatic rings. The molecule has 4 rings (SSSR count). The smallest absolute Gasteiger partial charge is 0.277 e. The van der Waals surface area contributed by atoms with Gasteiger partial charge in [0.25, 0.3) is 5.56 Å². The molecule has 0 amide bonds. The predicted octanol–water partition coefficient (Wildman–Crippen LogP) is 2.23. The molecular weight excluding hydrogens is 381 g/mol. The van der Waals surface area contributed by atoms with Gasteiger partial charge in [0, 0.05) is 20.8 Å². The van der Waals surface area contributed by atoms with E-state index in [1.807, 2.05) is 6.92 Å². The summed E-state index contributed by atoms with van der Waals surface area (Å²) in [6, 6.07) is 4.27. The minimum Gasteiger partial charge on any atom is -0.384 e. The Kier molecular flexibility index (Phi) is 5.12. The average Bonchev–Trinajstić information content (AvgIpc) is 3.35. The fourth-order valence-electron chi connectivity index (χ4n) is 3.31. The van der Waals surface area contributed by atoms with E-state index in [1.54, 1.807) is 24.7 Å². The van der Waals surface area contributed by atoms with E-state index in [2.05, 4.69) is 15.1 Å². The Labute approximate surface area is 164 Å². The summed E-state index contributed by atoms with van der Waals surface area (Å²) in [5, 5.41) is 3.99. The molecule has 152 valence electrons. The molecule has 0 N–H and O–H groups in total. The number of nitrogens with zero attached hydrogens (tertiary/aromatic N) is 5. The fraction of sp³-hybridized carbons (Fsp3) is 0.368. The zero-order valence-corrected chi connectivity index (χ0v) is 16.3. The largest absolute Gasteiger partial charge is 0.384 e. The van der Waals surface area contributed by atoms with Gasteiger partial charge in [-0.1, -0.05) is 12.1 Å². The van der Waals surface area contributed by atoms with Gasteiger partial charge in [-0.05, 0) is 18.2 Å². The molecule has 0 saturated carbocycles. The number of imidazole rings is 1. The number of methoxy groups -OCH3 is 2. The van der Waals surface area contributed by atoms with Gasteiger partial charge in [0.15, 0.2) is 0 Å². The molecule has 29 heavy (non-hydrogen) atoms. The molecule has 0 fully saturated rings. The van der Waals surface area contributed by atoms with Gasteiger partial charge in [-0.3, -0.25) is 9.20 Å². The lowest BCUT2D eigenvalue weighted by molar-refractivity contribution is 0.170. The third kappa shape index (κ3) is 3.30. The highest BCUT2D eigenvalue weighted by molar-refractivity contribution is 5.83. The maximum atomic E-state index is 13.9. The van der Waals surface area contributed by atoms with Crippen molar-refractivity contribution in [1.82, 2.24) is 24.1 Å². The number of hydrogen-bond acceptors (Lipinski definition) is 7. The van der Waals surface area contributed by atoms with E-state index < -0.39 is 5.82 Å². The van der Waals surface area contributed by atoms with E-state index in [9.17, 15) is 9.18 Å². The lowest BCUT2D eigenvalue weighted by Crippen LogP contribution is -2.25. The predicted molar refractivity (Wildman–Crippen MR) is 102 cm³/mol. The molecule has 1 aromatic carbocycles. The number of fused-ring (bicyclic) bond motifs is 3. The van der Waals surface area contributed by atoms with Gasteiger partial charge >= 0.3 is 0 Å². The van der Waals surface area contributed by atoms with Gasteiger partial charge < -0.3 is 18.6 Å². The monoisotopic (exact) mass is 401 g/mol. The molecular formula is C19H20FN5O4. The van der Waals surface area contributed by atoms with Crippen LogP contribution in [0, 0.1) is 5.82 Å². The molecule has 0 saturated heterocycles. The summed E-state index contributed by atoms with van der Waals surface area (Å²) in [4.78, 5) is 22.0. The van der Waals surface area contributed by atoms with Crippen molar-refractivity contribution < 1.29 is 18.4 Å². The summed E-state index contributed by atoms with van der Waals surface area (Å²) in [7, 11) is 3.13. The van der Waals surface area contributed by atoms with Gasteiger partial charge in [0.05, 0.1) is 30.2 Å². The average molecular weight is 401 g/mol. The standard InChI is InChI=1S/C19H20FN5O4/c1-11(9-28-3)18-22-17(23-29-18)15-16-19(26)24(6-7-27-2)14-8-12(20)4-5-13(14)25(16)10-21-15/h4-5,8,10-11H,6-7,9H2,1-3H3. The summed E-state index contributed by atoms with van der Waals surface area (Å²) in [5.74, 6) is 0.0721. The molecule has 9 nitrogen and oxygen atoms in total. The highest BCUT2D eigenvalue weighted by Crippen LogP contribution is 2.24. The van der Waals surface area contributed by atoms with Crippen molar-refractivity contribution in [3.63, 3.8) is 0 Å². The number of halogens is 1. The van der Waals surface area contributed by atoms with E-state index in [1.165, 1.54) is 23.0 Å². The number of rotatable bonds is 7. The highest BCUT2D eigenvalue weighted by atomic mass is 19.1. The molecule has 0 bridgehead atoms. The molecule has 3 heterocycles. The van der Waals surface area contributed by atoms with Crippen LogP contribution in [0.25, 0.3) is 28.1 Å². The van der Waals surface area contributed by atoms with Crippen LogP contribution in [0.15, 0.2) is 33.8 Å². The number of aromatic nitrogens is 5. The minimum atomic E-state index is -0.433. The van der Waals surface area contributed by atoms with E-state index in [4.69, 9.17) is 14.0 Å². The molecule has 1 atom stereocenters. The molecule has 4 aromatic rings. The van der Waals surface area contributed by atoms with Gasteiger partial charge in [0.1, 0.15) is 23.4 Å². The van der Waals surface area contributed by atoms with Crippen molar-refractivity contribution in [2.75, 3.05) is 27.4 Å². The summed E-state index contributed by atoms with van der Waals surface area (Å²) < 4.78 is 32.5. The zero-order valence-electron chi connectivity index (χ0n) is 16.3. The molecule has 0 spiro atoms. The summed E-state index contributed by atoms with van der Waals surface area (Å²) in [6.07, 6.45) is 1.50. The van der Waals surface area contributed by atoms with Crippen LogP contribution in [0.1, 0.15) is 18.7 Å². The van der Waals surface area contributed by atoms with Crippen LogP contribution >= 0.6 is 0 Å². The fourth-order valence-corrected chi connectivity index (χ4v) is 3.31. The SMILES string of the molecule is COCCn1c(=O)c2c(-c3noc(C(C)COC)n3)ncn2c2ccc(F)cc21. The maximum Gasteiger partial charge on any atom is 0.277 e. The van der Waals surface area contributed by atoms with Crippen LogP contribution in [-0.2, 0) is 16.0 Å². The van der Waals surface area contributed by atoms with E-state index in [-0.39, 0.29) is 29.4 Å². The summed E-state index contributed by atoms with van der Waals surface area (Å²) in [5.41, 5.74) is 1.32. The normalized spacial score (nSPS) is 12.8. The van der Waals surface area contributed by atoms with Crippen LogP contribution in [0.3, 0.4) is 0 Å². The quantitative estimate of drug-likeness (QED) is 0.468. The Morgan fingerprint density at radius 3 is 2.83 bits per heavy atom. The molecule has 1 unspecified atom stereocenters.